The van der Waals surface area contributed by atoms with Gasteiger partial charge in [-0.2, -0.15) is 0 Å². The molecule has 0 radical (unpaired) electrons. The average Bonchev–Trinajstić information content (AvgIpc) is 2.42. The number of nitrogens with zero attached hydrogens (tertiary/aromatic N) is 2. The van der Waals surface area contributed by atoms with E-state index in [1.54, 1.807) is 25.1 Å². The molecule has 2 rings (SSSR count). The number of hydrogen-bond acceptors (Lipinski definition) is 4. The second-order valence-corrected chi connectivity index (χ2v) is 5.67. The first-order chi connectivity index (χ1) is 9.54. The van der Waals surface area contributed by atoms with Crippen molar-refractivity contribution in [3.05, 3.63) is 40.4 Å². The summed E-state index contributed by atoms with van der Waals surface area (Å²) >= 11 is 3.41. The lowest BCUT2D eigenvalue weighted by Gasteiger charge is -2.14. The molecule has 0 unspecified atom stereocenters. The Kier molecular flexibility index (Phi) is 4.54. The number of rotatable bonds is 4. The van der Waals surface area contributed by atoms with Gasteiger partial charge in [0.25, 0.3) is 5.56 Å². The minimum atomic E-state index is -0.443. The van der Waals surface area contributed by atoms with Gasteiger partial charge in [-0.05, 0) is 26.0 Å². The summed E-state index contributed by atoms with van der Waals surface area (Å²) in [5, 5.41) is 0.494. The lowest BCUT2D eigenvalue weighted by atomic mass is 10.2. The summed E-state index contributed by atoms with van der Waals surface area (Å²) in [5.74, 6) is 0.0721. The Labute approximate surface area is 124 Å². The minimum absolute atomic E-state index is 0.129. The lowest BCUT2D eigenvalue weighted by Crippen LogP contribution is -2.29. The SMILES string of the molecule is CCOC(=O)Cn1c([C@@H](C)Br)nc2ccccc2c1=O. The predicted octanol–water partition coefficient (Wildman–Crippen LogP) is 2.42. The van der Waals surface area contributed by atoms with Crippen molar-refractivity contribution in [3.8, 4) is 0 Å². The standard InChI is InChI=1S/C14H15BrN2O3/c1-3-20-12(18)8-17-13(9(2)15)16-11-7-5-4-6-10(11)14(17)19/h4-7,9H,3,8H2,1-2H3/t9-/m1/s1. The van der Waals surface area contributed by atoms with Crippen LogP contribution in [0.25, 0.3) is 10.9 Å². The summed E-state index contributed by atoms with van der Waals surface area (Å²) in [6.07, 6.45) is 0. The van der Waals surface area contributed by atoms with E-state index in [-0.39, 0.29) is 23.5 Å². The van der Waals surface area contributed by atoms with Crippen LogP contribution in [0.1, 0.15) is 24.5 Å². The third kappa shape index (κ3) is 2.90. The maximum atomic E-state index is 12.5. The molecule has 106 valence electrons. The van der Waals surface area contributed by atoms with Crippen molar-refractivity contribution in [1.29, 1.82) is 0 Å². The van der Waals surface area contributed by atoms with Gasteiger partial charge in [-0.15, -0.1) is 0 Å². The Morgan fingerprint density at radius 1 is 1.45 bits per heavy atom. The quantitative estimate of drug-likeness (QED) is 0.634. The molecular weight excluding hydrogens is 324 g/mol. The molecule has 0 amide bonds. The molecule has 20 heavy (non-hydrogen) atoms. The Hall–Kier alpha value is -1.69. The lowest BCUT2D eigenvalue weighted by molar-refractivity contribution is -0.143. The Balaban J connectivity index is 2.61. The van der Waals surface area contributed by atoms with E-state index in [2.05, 4.69) is 20.9 Å². The van der Waals surface area contributed by atoms with Gasteiger partial charge in [0.2, 0.25) is 0 Å². The zero-order chi connectivity index (χ0) is 14.7. The van der Waals surface area contributed by atoms with Gasteiger partial charge in [-0.3, -0.25) is 14.2 Å². The highest BCUT2D eigenvalue weighted by molar-refractivity contribution is 9.09. The number of carbonyl (C=O) groups excluding carboxylic acids is 1. The third-order valence-corrected chi connectivity index (χ3v) is 3.25. The molecule has 0 fully saturated rings. The van der Waals surface area contributed by atoms with Crippen molar-refractivity contribution in [2.75, 3.05) is 6.61 Å². The molecule has 5 nitrogen and oxygen atoms in total. The van der Waals surface area contributed by atoms with Crippen LogP contribution in [0.2, 0.25) is 0 Å². The van der Waals surface area contributed by atoms with Crippen molar-refractivity contribution in [2.24, 2.45) is 0 Å². The molecule has 0 aliphatic rings. The van der Waals surface area contributed by atoms with Crippen LogP contribution in [0.5, 0.6) is 0 Å². The molecule has 0 saturated heterocycles. The van der Waals surface area contributed by atoms with Crippen LogP contribution in [0.15, 0.2) is 29.1 Å². The first-order valence-corrected chi connectivity index (χ1v) is 7.25. The largest absolute Gasteiger partial charge is 0.465 e. The monoisotopic (exact) mass is 338 g/mol. The summed E-state index contributed by atoms with van der Waals surface area (Å²) in [5.41, 5.74) is 0.392. The molecule has 0 saturated carbocycles. The summed E-state index contributed by atoms with van der Waals surface area (Å²) in [6, 6.07) is 7.09. The second kappa shape index (κ2) is 6.17. The maximum absolute atomic E-state index is 12.5. The van der Waals surface area contributed by atoms with Crippen molar-refractivity contribution in [3.63, 3.8) is 0 Å². The number of halogens is 1. The molecule has 0 aliphatic carbocycles. The van der Waals surface area contributed by atoms with Crippen LogP contribution < -0.4 is 5.56 Å². The molecule has 0 bridgehead atoms. The van der Waals surface area contributed by atoms with Crippen LogP contribution in [-0.4, -0.2) is 22.1 Å². The van der Waals surface area contributed by atoms with E-state index in [0.29, 0.717) is 16.7 Å². The first-order valence-electron chi connectivity index (χ1n) is 6.33. The maximum Gasteiger partial charge on any atom is 0.326 e. The van der Waals surface area contributed by atoms with Crippen molar-refractivity contribution >= 4 is 32.8 Å². The second-order valence-electron chi connectivity index (χ2n) is 4.30. The fraction of sp³-hybridized carbons (Fsp3) is 0.357. The molecule has 1 aromatic carbocycles. The number of esters is 1. The molecule has 1 heterocycles. The number of carbonyl (C=O) groups is 1. The van der Waals surface area contributed by atoms with Crippen molar-refractivity contribution in [1.82, 2.24) is 9.55 Å². The summed E-state index contributed by atoms with van der Waals surface area (Å²) in [7, 11) is 0. The van der Waals surface area contributed by atoms with Gasteiger partial charge < -0.3 is 4.74 Å². The summed E-state index contributed by atoms with van der Waals surface area (Å²) in [6.45, 7) is 3.75. The van der Waals surface area contributed by atoms with E-state index in [4.69, 9.17) is 4.74 Å². The highest BCUT2D eigenvalue weighted by Gasteiger charge is 2.17. The Morgan fingerprint density at radius 3 is 2.80 bits per heavy atom. The zero-order valence-corrected chi connectivity index (χ0v) is 12.9. The molecule has 0 spiro atoms. The average molecular weight is 339 g/mol. The van der Waals surface area contributed by atoms with E-state index in [1.165, 1.54) is 4.57 Å². The molecule has 2 aromatic rings. The van der Waals surface area contributed by atoms with E-state index in [9.17, 15) is 9.59 Å². The molecular formula is C14H15BrN2O3. The Bertz CT molecular complexity index is 694. The molecule has 0 aliphatic heterocycles. The number of alkyl halides is 1. The number of hydrogen-bond donors (Lipinski definition) is 0. The van der Waals surface area contributed by atoms with Gasteiger partial charge in [0, 0.05) is 0 Å². The van der Waals surface area contributed by atoms with Crippen LogP contribution in [-0.2, 0) is 16.1 Å². The van der Waals surface area contributed by atoms with E-state index < -0.39 is 5.97 Å². The molecule has 0 N–H and O–H groups in total. The fourth-order valence-corrected chi connectivity index (χ4v) is 2.33. The predicted molar refractivity (Wildman–Crippen MR) is 80.0 cm³/mol. The number of ether oxygens (including phenoxy) is 1. The third-order valence-electron chi connectivity index (χ3n) is 2.84. The topological polar surface area (TPSA) is 61.2 Å². The van der Waals surface area contributed by atoms with Crippen molar-refractivity contribution in [2.45, 2.75) is 25.2 Å². The van der Waals surface area contributed by atoms with Crippen LogP contribution in [0, 0.1) is 0 Å². The van der Waals surface area contributed by atoms with E-state index in [0.717, 1.165) is 0 Å². The summed E-state index contributed by atoms with van der Waals surface area (Å²) in [4.78, 5) is 28.5. The number of fused-ring (bicyclic) bond motifs is 1. The number of aromatic nitrogens is 2. The first kappa shape index (κ1) is 14.7. The zero-order valence-electron chi connectivity index (χ0n) is 11.3. The number of benzene rings is 1. The highest BCUT2D eigenvalue weighted by Crippen LogP contribution is 2.20. The van der Waals surface area contributed by atoms with Gasteiger partial charge in [-0.25, -0.2) is 4.98 Å². The van der Waals surface area contributed by atoms with Gasteiger partial charge in [0.15, 0.2) is 0 Å². The van der Waals surface area contributed by atoms with Gasteiger partial charge in [0.05, 0.1) is 22.3 Å². The van der Waals surface area contributed by atoms with Crippen molar-refractivity contribution < 1.29 is 9.53 Å². The fourth-order valence-electron chi connectivity index (χ4n) is 1.98. The summed E-state index contributed by atoms with van der Waals surface area (Å²) < 4.78 is 6.27. The Morgan fingerprint density at radius 2 is 2.15 bits per heavy atom. The number of para-hydroxylation sites is 1. The smallest absolute Gasteiger partial charge is 0.326 e. The minimum Gasteiger partial charge on any atom is -0.465 e. The van der Waals surface area contributed by atoms with Crippen LogP contribution in [0.3, 0.4) is 0 Å². The van der Waals surface area contributed by atoms with Gasteiger partial charge in [-0.1, -0.05) is 28.1 Å². The van der Waals surface area contributed by atoms with Gasteiger partial charge in [0.1, 0.15) is 12.4 Å². The normalized spacial score (nSPS) is 12.3. The molecule has 6 heteroatoms. The van der Waals surface area contributed by atoms with Gasteiger partial charge >= 0.3 is 5.97 Å². The highest BCUT2D eigenvalue weighted by atomic mass is 79.9. The van der Waals surface area contributed by atoms with E-state index >= 15 is 0 Å². The molecule has 1 aromatic heterocycles. The van der Waals surface area contributed by atoms with Crippen LogP contribution >= 0.6 is 15.9 Å². The molecule has 1 atom stereocenters. The van der Waals surface area contributed by atoms with E-state index in [1.807, 2.05) is 13.0 Å². The van der Waals surface area contributed by atoms with Crippen LogP contribution in [0.4, 0.5) is 0 Å².